The first-order valence-corrected chi connectivity index (χ1v) is 12.9. The van der Waals surface area contributed by atoms with Crippen molar-refractivity contribution in [3.8, 4) is 17.6 Å². The molecule has 0 spiro atoms. The van der Waals surface area contributed by atoms with Crippen LogP contribution in [0.3, 0.4) is 0 Å². The van der Waals surface area contributed by atoms with E-state index in [1.807, 2.05) is 62.1 Å². The lowest BCUT2D eigenvalue weighted by molar-refractivity contribution is 0.0742. The zero-order chi connectivity index (χ0) is 26.9. The van der Waals surface area contributed by atoms with Crippen molar-refractivity contribution >= 4 is 17.6 Å². The average molecular weight is 513 g/mol. The minimum absolute atomic E-state index is 0.0537. The van der Waals surface area contributed by atoms with Crippen LogP contribution in [0.25, 0.3) is 0 Å². The molecule has 1 saturated heterocycles. The number of pyridine rings is 1. The summed E-state index contributed by atoms with van der Waals surface area (Å²) in [6, 6.07) is 12.8. The Hall–Kier alpha value is -4.45. The van der Waals surface area contributed by atoms with E-state index in [1.54, 1.807) is 23.4 Å². The molecule has 0 aliphatic carbocycles. The molecule has 38 heavy (non-hydrogen) atoms. The number of aromatic nitrogens is 3. The van der Waals surface area contributed by atoms with Gasteiger partial charge >= 0.3 is 0 Å². The summed E-state index contributed by atoms with van der Waals surface area (Å²) in [5.41, 5.74) is 2.30. The second kappa shape index (κ2) is 12.7. The van der Waals surface area contributed by atoms with Crippen LogP contribution in [0.4, 0.5) is 5.82 Å². The smallest absolute Gasteiger partial charge is 0.274 e. The van der Waals surface area contributed by atoms with E-state index >= 15 is 0 Å². The largest absolute Gasteiger partial charge is 0.492 e. The van der Waals surface area contributed by atoms with Gasteiger partial charge in [-0.25, -0.2) is 0 Å². The number of amides is 2. The molecule has 0 unspecified atom stereocenters. The number of rotatable bonds is 7. The van der Waals surface area contributed by atoms with Gasteiger partial charge < -0.3 is 19.4 Å². The maximum absolute atomic E-state index is 13.4. The first-order valence-electron chi connectivity index (χ1n) is 12.9. The van der Waals surface area contributed by atoms with Crippen molar-refractivity contribution in [3.05, 3.63) is 77.2 Å². The Labute approximate surface area is 223 Å². The Bertz CT molecular complexity index is 1320. The summed E-state index contributed by atoms with van der Waals surface area (Å²) in [5.74, 6) is 7.42. The third-order valence-corrected chi connectivity index (χ3v) is 6.33. The molecule has 0 atom stereocenters. The number of hydrogen-bond acceptors (Lipinski definition) is 7. The lowest BCUT2D eigenvalue weighted by Crippen LogP contribution is -2.49. The van der Waals surface area contributed by atoms with E-state index in [0.717, 1.165) is 5.56 Å². The van der Waals surface area contributed by atoms with Crippen LogP contribution in [0, 0.1) is 11.8 Å². The van der Waals surface area contributed by atoms with Crippen LogP contribution in [-0.2, 0) is 0 Å². The minimum atomic E-state index is -0.121. The number of hydrogen-bond donors (Lipinski definition) is 0. The molecule has 4 rings (SSSR count). The fraction of sp³-hybridized carbons (Fsp3) is 0.345. The van der Waals surface area contributed by atoms with Gasteiger partial charge in [0.25, 0.3) is 11.8 Å². The lowest BCUT2D eigenvalue weighted by Gasteiger charge is -2.35. The number of carbonyl (C=O) groups excluding carboxylic acids is 2. The zero-order valence-electron chi connectivity index (χ0n) is 22.1. The van der Waals surface area contributed by atoms with Crippen molar-refractivity contribution in [1.82, 2.24) is 25.0 Å². The Kier molecular flexibility index (Phi) is 8.88. The van der Waals surface area contributed by atoms with Crippen molar-refractivity contribution in [2.45, 2.75) is 20.8 Å². The Morgan fingerprint density at radius 3 is 2.39 bits per heavy atom. The van der Waals surface area contributed by atoms with Crippen molar-refractivity contribution < 1.29 is 14.3 Å². The topological polar surface area (TPSA) is 91.8 Å². The zero-order valence-corrected chi connectivity index (χ0v) is 22.1. The highest BCUT2D eigenvalue weighted by atomic mass is 16.5. The fourth-order valence-electron chi connectivity index (χ4n) is 4.24. The quantitative estimate of drug-likeness (QED) is 0.449. The van der Waals surface area contributed by atoms with Crippen LogP contribution in [0.2, 0.25) is 0 Å². The number of carbonyl (C=O) groups is 2. The molecule has 2 aromatic heterocycles. The maximum Gasteiger partial charge on any atom is 0.274 e. The fourth-order valence-corrected chi connectivity index (χ4v) is 4.24. The van der Waals surface area contributed by atoms with Crippen LogP contribution < -0.4 is 9.64 Å². The summed E-state index contributed by atoms with van der Waals surface area (Å²) in [6.45, 7) is 9.93. The monoisotopic (exact) mass is 512 g/mol. The summed E-state index contributed by atoms with van der Waals surface area (Å²) in [6.07, 6.45) is 3.33. The third kappa shape index (κ3) is 6.27. The molecule has 196 valence electrons. The van der Waals surface area contributed by atoms with Gasteiger partial charge in [-0.15, -0.1) is 10.2 Å². The molecule has 2 amide bonds. The second-order valence-electron chi connectivity index (χ2n) is 8.67. The predicted molar refractivity (Wildman–Crippen MR) is 145 cm³/mol. The van der Waals surface area contributed by atoms with Crippen molar-refractivity contribution in [1.29, 1.82) is 0 Å². The van der Waals surface area contributed by atoms with E-state index in [2.05, 4.69) is 31.9 Å². The van der Waals surface area contributed by atoms with E-state index in [-0.39, 0.29) is 11.8 Å². The Morgan fingerprint density at radius 2 is 1.71 bits per heavy atom. The summed E-state index contributed by atoms with van der Waals surface area (Å²) in [5, 5.41) is 8.43. The summed E-state index contributed by atoms with van der Waals surface area (Å²) in [7, 11) is 0. The molecule has 1 aliphatic heterocycles. The van der Waals surface area contributed by atoms with Crippen molar-refractivity contribution in [3.63, 3.8) is 0 Å². The van der Waals surface area contributed by atoms with Gasteiger partial charge in [-0.1, -0.05) is 24.0 Å². The molecule has 0 radical (unpaired) electrons. The highest BCUT2D eigenvalue weighted by Gasteiger charge is 2.25. The SMILES string of the molecule is CCOc1cncc(C#Cc2ccccc2C(=O)N2CCN(c3ccc(C(=O)N(CC)CC)nn3)CC2)c1. The van der Waals surface area contributed by atoms with E-state index in [9.17, 15) is 9.59 Å². The van der Waals surface area contributed by atoms with Crippen LogP contribution >= 0.6 is 0 Å². The average Bonchev–Trinajstić information content (AvgIpc) is 2.97. The van der Waals surface area contributed by atoms with E-state index in [1.165, 1.54) is 0 Å². The molecule has 0 N–H and O–H groups in total. The number of anilines is 1. The van der Waals surface area contributed by atoms with Gasteiger partial charge in [0.05, 0.1) is 18.4 Å². The normalized spacial score (nSPS) is 12.9. The highest BCUT2D eigenvalue weighted by Crippen LogP contribution is 2.17. The van der Waals surface area contributed by atoms with Crippen LogP contribution in [-0.4, -0.2) is 82.7 Å². The Morgan fingerprint density at radius 1 is 0.947 bits per heavy atom. The number of piperazine rings is 1. The third-order valence-electron chi connectivity index (χ3n) is 6.33. The number of nitrogens with zero attached hydrogens (tertiary/aromatic N) is 6. The Balaban J connectivity index is 1.41. The molecule has 9 heteroatoms. The van der Waals surface area contributed by atoms with Gasteiger partial charge in [0, 0.05) is 56.6 Å². The van der Waals surface area contributed by atoms with Gasteiger partial charge in [0.2, 0.25) is 0 Å². The van der Waals surface area contributed by atoms with E-state index in [4.69, 9.17) is 4.74 Å². The molecule has 1 aliphatic rings. The molecule has 1 fully saturated rings. The molecule has 3 aromatic rings. The van der Waals surface area contributed by atoms with Gasteiger partial charge in [0.15, 0.2) is 11.5 Å². The van der Waals surface area contributed by atoms with E-state index in [0.29, 0.717) is 74.3 Å². The second-order valence-corrected chi connectivity index (χ2v) is 8.67. The summed E-state index contributed by atoms with van der Waals surface area (Å²) >= 11 is 0. The first kappa shape index (κ1) is 26.6. The molecular formula is C29H32N6O3. The molecular weight excluding hydrogens is 480 g/mol. The number of ether oxygens (including phenoxy) is 1. The van der Waals surface area contributed by atoms with E-state index < -0.39 is 0 Å². The molecule has 3 heterocycles. The van der Waals surface area contributed by atoms with Gasteiger partial charge in [-0.2, -0.15) is 0 Å². The highest BCUT2D eigenvalue weighted by molar-refractivity contribution is 5.97. The van der Waals surface area contributed by atoms with Gasteiger partial charge in [-0.05, 0) is 51.1 Å². The summed E-state index contributed by atoms with van der Waals surface area (Å²) < 4.78 is 5.50. The molecule has 9 nitrogen and oxygen atoms in total. The first-order chi connectivity index (χ1) is 18.5. The molecule has 0 bridgehead atoms. The predicted octanol–water partition coefficient (Wildman–Crippen LogP) is 3.11. The van der Waals surface area contributed by atoms with Gasteiger partial charge in [0.1, 0.15) is 5.75 Å². The minimum Gasteiger partial charge on any atom is -0.492 e. The van der Waals surface area contributed by atoms with Crippen molar-refractivity contribution in [2.24, 2.45) is 0 Å². The maximum atomic E-state index is 13.4. The van der Waals surface area contributed by atoms with Crippen LogP contribution in [0.1, 0.15) is 52.7 Å². The lowest BCUT2D eigenvalue weighted by atomic mass is 10.1. The van der Waals surface area contributed by atoms with Crippen molar-refractivity contribution in [2.75, 3.05) is 50.8 Å². The van der Waals surface area contributed by atoms with Crippen LogP contribution in [0.5, 0.6) is 5.75 Å². The molecule has 1 aromatic carbocycles. The van der Waals surface area contributed by atoms with Crippen LogP contribution in [0.15, 0.2) is 54.9 Å². The summed E-state index contributed by atoms with van der Waals surface area (Å²) in [4.78, 5) is 35.7. The van der Waals surface area contributed by atoms with Gasteiger partial charge in [-0.3, -0.25) is 14.6 Å². The number of benzene rings is 1. The molecule has 0 saturated carbocycles. The standard InChI is InChI=1S/C29H32N6O3/c1-4-33(5-2)29(37)26-13-14-27(32-31-26)34-15-17-35(18-16-34)28(36)25-10-8-7-9-23(25)12-11-22-19-24(38-6-3)21-30-20-22/h7-10,13-14,19-21H,4-6,15-18H2,1-3H3.